The maximum atomic E-state index is 13.1. The third-order valence-electron chi connectivity index (χ3n) is 4.17. The molecule has 2 heterocycles. The first-order valence-corrected chi connectivity index (χ1v) is 8.75. The molecule has 7 heteroatoms. The number of nitrogens with one attached hydrogen (secondary N) is 1. The number of esters is 1. The zero-order chi connectivity index (χ0) is 19.7. The van der Waals surface area contributed by atoms with Crippen molar-refractivity contribution < 1.29 is 19.1 Å². The normalized spacial score (nSPS) is 21.7. The van der Waals surface area contributed by atoms with Crippen molar-refractivity contribution in [3.63, 3.8) is 0 Å². The average Bonchev–Trinajstić information content (AvgIpc) is 2.75. The summed E-state index contributed by atoms with van der Waals surface area (Å²) < 4.78 is 5.46. The van der Waals surface area contributed by atoms with E-state index in [4.69, 9.17) is 4.74 Å². The van der Waals surface area contributed by atoms with E-state index in [1.807, 2.05) is 13.8 Å². The minimum atomic E-state index is -1.24. The van der Waals surface area contributed by atoms with Gasteiger partial charge in [0.2, 0.25) is 0 Å². The summed E-state index contributed by atoms with van der Waals surface area (Å²) in [6.07, 6.45) is 3.45. The zero-order valence-corrected chi connectivity index (χ0v) is 16.2. The van der Waals surface area contributed by atoms with Crippen molar-refractivity contribution in [1.82, 2.24) is 15.2 Å². The molecule has 1 aliphatic heterocycles. The summed E-state index contributed by atoms with van der Waals surface area (Å²) in [6.45, 7) is 10.7. The summed E-state index contributed by atoms with van der Waals surface area (Å²) in [7, 11) is 0. The molecule has 0 aromatic carbocycles. The molecule has 0 radical (unpaired) electrons. The van der Waals surface area contributed by atoms with Gasteiger partial charge in [-0.05, 0) is 57.7 Å². The van der Waals surface area contributed by atoms with E-state index in [0.29, 0.717) is 12.0 Å². The molecule has 2 unspecified atom stereocenters. The second-order valence-corrected chi connectivity index (χ2v) is 8.15. The second kappa shape index (κ2) is 7.05. The SMILES string of the molecule is CC(C)CC(C(=O)OC(C)(C)C)N1C(=O)NC(C)(c2ccncc2)C1=O. The first kappa shape index (κ1) is 19.9. The number of amides is 3. The van der Waals surface area contributed by atoms with Crippen LogP contribution in [0, 0.1) is 5.92 Å². The van der Waals surface area contributed by atoms with Crippen LogP contribution < -0.4 is 5.32 Å². The van der Waals surface area contributed by atoms with Crippen molar-refractivity contribution in [2.24, 2.45) is 5.92 Å². The van der Waals surface area contributed by atoms with Gasteiger partial charge in [-0.2, -0.15) is 0 Å². The van der Waals surface area contributed by atoms with Gasteiger partial charge in [0, 0.05) is 12.4 Å². The molecular formula is C19H27N3O4. The Morgan fingerprint density at radius 2 is 1.85 bits per heavy atom. The Kier molecular flexibility index (Phi) is 5.39. The molecule has 2 atom stereocenters. The van der Waals surface area contributed by atoms with Crippen molar-refractivity contribution >= 4 is 17.9 Å². The lowest BCUT2D eigenvalue weighted by atomic mass is 9.92. The van der Waals surface area contributed by atoms with Crippen LogP contribution in [0.1, 0.15) is 53.5 Å². The average molecular weight is 361 g/mol. The molecule has 1 fully saturated rings. The molecule has 1 saturated heterocycles. The van der Waals surface area contributed by atoms with Crippen LogP contribution in [0.2, 0.25) is 0 Å². The van der Waals surface area contributed by atoms with E-state index >= 15 is 0 Å². The first-order valence-electron chi connectivity index (χ1n) is 8.75. The van der Waals surface area contributed by atoms with Gasteiger partial charge in [0.1, 0.15) is 17.2 Å². The lowest BCUT2D eigenvalue weighted by Gasteiger charge is -2.30. The lowest BCUT2D eigenvalue weighted by molar-refractivity contribution is -0.163. The van der Waals surface area contributed by atoms with E-state index in [1.54, 1.807) is 52.2 Å². The second-order valence-electron chi connectivity index (χ2n) is 8.15. The van der Waals surface area contributed by atoms with Crippen molar-refractivity contribution in [2.75, 3.05) is 0 Å². The molecular weight excluding hydrogens is 334 g/mol. The molecule has 26 heavy (non-hydrogen) atoms. The highest BCUT2D eigenvalue weighted by atomic mass is 16.6. The number of imide groups is 1. The van der Waals surface area contributed by atoms with Crippen LogP contribution in [0.15, 0.2) is 24.5 Å². The van der Waals surface area contributed by atoms with Gasteiger partial charge in [-0.3, -0.25) is 9.78 Å². The van der Waals surface area contributed by atoms with Gasteiger partial charge < -0.3 is 10.1 Å². The molecule has 2 rings (SSSR count). The summed E-state index contributed by atoms with van der Waals surface area (Å²) in [5.41, 5.74) is -1.34. The molecule has 1 aromatic heterocycles. The monoisotopic (exact) mass is 361 g/mol. The quantitative estimate of drug-likeness (QED) is 0.643. The summed E-state index contributed by atoms with van der Waals surface area (Å²) in [5.74, 6) is -0.945. The van der Waals surface area contributed by atoms with E-state index in [1.165, 1.54) is 0 Å². The zero-order valence-electron chi connectivity index (χ0n) is 16.2. The lowest BCUT2D eigenvalue weighted by Crippen LogP contribution is -2.49. The Hall–Kier alpha value is -2.44. The number of rotatable bonds is 5. The molecule has 0 saturated carbocycles. The molecule has 1 aliphatic rings. The van der Waals surface area contributed by atoms with E-state index in [9.17, 15) is 14.4 Å². The Bertz CT molecular complexity index is 696. The number of hydrogen-bond donors (Lipinski definition) is 1. The summed E-state index contributed by atoms with van der Waals surface area (Å²) in [5, 5.41) is 2.72. The minimum Gasteiger partial charge on any atom is -0.458 e. The maximum absolute atomic E-state index is 13.1. The summed E-state index contributed by atoms with van der Waals surface area (Å²) in [4.78, 5) is 43.4. The smallest absolute Gasteiger partial charge is 0.329 e. The number of ether oxygens (including phenoxy) is 1. The third kappa shape index (κ3) is 4.03. The van der Waals surface area contributed by atoms with Gasteiger partial charge in [-0.15, -0.1) is 0 Å². The van der Waals surface area contributed by atoms with Crippen LogP contribution in [0.3, 0.4) is 0 Å². The largest absolute Gasteiger partial charge is 0.458 e. The van der Waals surface area contributed by atoms with Gasteiger partial charge in [0.15, 0.2) is 0 Å². The van der Waals surface area contributed by atoms with Gasteiger partial charge in [-0.1, -0.05) is 13.8 Å². The van der Waals surface area contributed by atoms with Crippen molar-refractivity contribution in [2.45, 2.75) is 65.1 Å². The molecule has 142 valence electrons. The molecule has 1 aromatic rings. The fourth-order valence-corrected chi connectivity index (χ4v) is 2.95. The van der Waals surface area contributed by atoms with E-state index in [2.05, 4.69) is 10.3 Å². The highest BCUT2D eigenvalue weighted by Gasteiger charge is 2.53. The maximum Gasteiger partial charge on any atom is 0.329 e. The number of pyridine rings is 1. The summed E-state index contributed by atoms with van der Waals surface area (Å²) in [6, 6.07) is 1.79. The number of carbonyl (C=O) groups excluding carboxylic acids is 3. The predicted molar refractivity (Wildman–Crippen MR) is 96.1 cm³/mol. The number of urea groups is 1. The number of carbonyl (C=O) groups is 3. The topological polar surface area (TPSA) is 88.6 Å². The predicted octanol–water partition coefficient (Wildman–Crippen LogP) is 2.61. The van der Waals surface area contributed by atoms with Crippen molar-refractivity contribution in [1.29, 1.82) is 0 Å². The number of hydrogen-bond acceptors (Lipinski definition) is 5. The Morgan fingerprint density at radius 3 is 2.35 bits per heavy atom. The van der Waals surface area contributed by atoms with Crippen molar-refractivity contribution in [3.05, 3.63) is 30.1 Å². The Morgan fingerprint density at radius 1 is 1.27 bits per heavy atom. The molecule has 7 nitrogen and oxygen atoms in total. The molecule has 3 amide bonds. The van der Waals surface area contributed by atoms with Crippen molar-refractivity contribution in [3.8, 4) is 0 Å². The van der Waals surface area contributed by atoms with Gasteiger partial charge in [0.25, 0.3) is 5.91 Å². The van der Waals surface area contributed by atoms with E-state index in [-0.39, 0.29) is 5.92 Å². The van der Waals surface area contributed by atoms with Crippen LogP contribution in [0.4, 0.5) is 4.79 Å². The minimum absolute atomic E-state index is 0.0981. The molecule has 0 bridgehead atoms. The van der Waals surface area contributed by atoms with Crippen LogP contribution in [0.5, 0.6) is 0 Å². The highest BCUT2D eigenvalue weighted by molar-refractivity contribution is 6.09. The Labute approximate surface area is 154 Å². The van der Waals surface area contributed by atoms with Crippen LogP contribution in [0.25, 0.3) is 0 Å². The van der Waals surface area contributed by atoms with E-state index in [0.717, 1.165) is 4.90 Å². The summed E-state index contributed by atoms with van der Waals surface area (Å²) >= 11 is 0. The molecule has 0 spiro atoms. The van der Waals surface area contributed by atoms with Gasteiger partial charge >= 0.3 is 12.0 Å². The fourth-order valence-electron chi connectivity index (χ4n) is 2.95. The molecule has 0 aliphatic carbocycles. The highest BCUT2D eigenvalue weighted by Crippen LogP contribution is 2.31. The van der Waals surface area contributed by atoms with Crippen LogP contribution in [-0.2, 0) is 19.9 Å². The van der Waals surface area contributed by atoms with Crippen LogP contribution >= 0.6 is 0 Å². The number of aromatic nitrogens is 1. The Balaban J connectivity index is 2.37. The fraction of sp³-hybridized carbons (Fsp3) is 0.579. The van der Waals surface area contributed by atoms with Gasteiger partial charge in [-0.25, -0.2) is 14.5 Å². The standard InChI is InChI=1S/C19H27N3O4/c1-12(2)11-14(15(23)26-18(3,4)5)22-16(24)19(6,21-17(22)25)13-7-9-20-10-8-13/h7-10,12,14H,11H2,1-6H3,(H,21,25). The number of nitrogens with zero attached hydrogens (tertiary/aromatic N) is 2. The third-order valence-corrected chi connectivity index (χ3v) is 4.17. The van der Waals surface area contributed by atoms with Gasteiger partial charge in [0.05, 0.1) is 0 Å². The molecule has 1 N–H and O–H groups in total. The van der Waals surface area contributed by atoms with E-state index < -0.39 is 35.1 Å². The first-order chi connectivity index (χ1) is 12.0. The van der Waals surface area contributed by atoms with Crippen LogP contribution in [-0.4, -0.2) is 39.4 Å².